The quantitative estimate of drug-likeness (QED) is 0.418. The van der Waals surface area contributed by atoms with E-state index in [0.717, 1.165) is 25.2 Å². The van der Waals surface area contributed by atoms with Crippen LogP contribution in [0, 0.1) is 11.6 Å². The highest BCUT2D eigenvalue weighted by Gasteiger charge is 2.30. The molecule has 1 atom stereocenters. The molecule has 0 aliphatic carbocycles. The second-order valence-corrected chi connectivity index (χ2v) is 8.12. The first kappa shape index (κ1) is 22.1. The van der Waals surface area contributed by atoms with E-state index in [-0.39, 0.29) is 22.4 Å². The van der Waals surface area contributed by atoms with Gasteiger partial charge in [-0.1, -0.05) is 30.3 Å². The molecule has 0 spiro atoms. The van der Waals surface area contributed by atoms with Gasteiger partial charge in [0.1, 0.15) is 11.6 Å². The molecule has 3 rings (SSSR count). The predicted octanol–water partition coefficient (Wildman–Crippen LogP) is 3.27. The third-order valence-electron chi connectivity index (χ3n) is 5.29. The van der Waals surface area contributed by atoms with Crippen molar-refractivity contribution in [1.29, 1.82) is 0 Å². The van der Waals surface area contributed by atoms with Crippen molar-refractivity contribution < 1.29 is 8.78 Å². The van der Waals surface area contributed by atoms with Crippen LogP contribution < -0.4 is 16.1 Å². The van der Waals surface area contributed by atoms with E-state index in [1.54, 1.807) is 0 Å². The molecule has 1 heterocycles. The molecular formula is C22H27F2N5S. The van der Waals surface area contributed by atoms with Gasteiger partial charge < -0.3 is 10.6 Å². The summed E-state index contributed by atoms with van der Waals surface area (Å²) in [7, 11) is 0. The fourth-order valence-electron chi connectivity index (χ4n) is 3.89. The predicted molar refractivity (Wildman–Crippen MR) is 122 cm³/mol. The second kappa shape index (κ2) is 9.95. The number of hydrazone groups is 1. The lowest BCUT2D eigenvalue weighted by molar-refractivity contribution is 0.136. The van der Waals surface area contributed by atoms with Crippen LogP contribution in [0.3, 0.4) is 0 Å². The number of rotatable bonds is 6. The smallest absolute Gasteiger partial charge is 0.184 e. The Hall–Kier alpha value is -2.58. The van der Waals surface area contributed by atoms with Crippen LogP contribution in [-0.4, -0.2) is 47.9 Å². The van der Waals surface area contributed by atoms with Crippen molar-refractivity contribution in [3.8, 4) is 0 Å². The molecule has 0 aromatic heterocycles. The van der Waals surface area contributed by atoms with Crippen LogP contribution in [0.25, 0.3) is 0 Å². The van der Waals surface area contributed by atoms with Gasteiger partial charge in [0.15, 0.2) is 5.11 Å². The zero-order chi connectivity index (χ0) is 21.7. The summed E-state index contributed by atoms with van der Waals surface area (Å²) in [5.41, 5.74) is 9.15. The molecule has 8 heteroatoms. The number of piperazine rings is 1. The minimum atomic E-state index is -0.550. The topological polar surface area (TPSA) is 56.9 Å². The molecule has 0 unspecified atom stereocenters. The normalized spacial score (nSPS) is 17.6. The summed E-state index contributed by atoms with van der Waals surface area (Å²) in [6.07, 6.45) is 2.02. The van der Waals surface area contributed by atoms with E-state index in [0.29, 0.717) is 19.1 Å². The van der Waals surface area contributed by atoms with Crippen LogP contribution in [0.5, 0.6) is 0 Å². The van der Waals surface area contributed by atoms with Gasteiger partial charge >= 0.3 is 0 Å². The van der Waals surface area contributed by atoms with Crippen LogP contribution in [0.2, 0.25) is 0 Å². The number of nitrogens with zero attached hydrogens (tertiary/aromatic N) is 3. The highest BCUT2D eigenvalue weighted by molar-refractivity contribution is 7.80. The van der Waals surface area contributed by atoms with Crippen molar-refractivity contribution in [2.75, 3.05) is 24.5 Å². The molecule has 2 aromatic carbocycles. The maximum Gasteiger partial charge on any atom is 0.184 e. The summed E-state index contributed by atoms with van der Waals surface area (Å²) < 4.78 is 29.4. The maximum atomic E-state index is 14.9. The Morgan fingerprint density at radius 1 is 1.23 bits per heavy atom. The molecule has 1 saturated heterocycles. The third-order valence-corrected chi connectivity index (χ3v) is 5.38. The number of hydrogen-bond acceptors (Lipinski definition) is 4. The summed E-state index contributed by atoms with van der Waals surface area (Å²) in [6.45, 7) is 6.39. The van der Waals surface area contributed by atoms with Crippen LogP contribution in [0.1, 0.15) is 25.0 Å². The molecule has 0 bridgehead atoms. The summed E-state index contributed by atoms with van der Waals surface area (Å²) in [6, 6.07) is 13.2. The van der Waals surface area contributed by atoms with Crippen molar-refractivity contribution in [1.82, 2.24) is 10.3 Å². The molecule has 160 valence electrons. The molecule has 0 amide bonds. The van der Waals surface area contributed by atoms with Gasteiger partial charge in [-0.2, -0.15) is 5.10 Å². The Morgan fingerprint density at radius 2 is 1.97 bits per heavy atom. The Morgan fingerprint density at radius 3 is 2.63 bits per heavy atom. The van der Waals surface area contributed by atoms with E-state index >= 15 is 0 Å². The lowest BCUT2D eigenvalue weighted by atomic mass is 10.00. The highest BCUT2D eigenvalue weighted by Crippen LogP contribution is 2.27. The Balaban J connectivity index is 1.80. The molecule has 0 radical (unpaired) electrons. The highest BCUT2D eigenvalue weighted by atomic mass is 32.1. The molecule has 1 aliphatic rings. The number of nitrogens with two attached hydrogens (primary N) is 1. The maximum absolute atomic E-state index is 14.9. The molecule has 1 aliphatic heterocycles. The van der Waals surface area contributed by atoms with Crippen LogP contribution in [-0.2, 0) is 6.42 Å². The summed E-state index contributed by atoms with van der Waals surface area (Å²) >= 11 is 4.64. The standard InChI is InChI=1S/C22H27F2N5S/c1-15(2)29-9-8-28(14-18(29)10-16-6-4-3-5-7-16)21-12-19(23)17(11-20(21)24)13-26-27-22(25)30/h3-7,11-13,15,18H,8-10,14H2,1-2H3,(H3,25,27,30)/t18-/m0/s1. The largest absolute Gasteiger partial charge is 0.375 e. The first-order chi connectivity index (χ1) is 14.3. The van der Waals surface area contributed by atoms with Gasteiger partial charge in [-0.3, -0.25) is 10.3 Å². The molecule has 30 heavy (non-hydrogen) atoms. The van der Waals surface area contributed by atoms with Gasteiger partial charge in [0, 0.05) is 43.3 Å². The van der Waals surface area contributed by atoms with Gasteiger partial charge in [-0.05, 0) is 44.1 Å². The molecule has 2 aromatic rings. The molecule has 3 N–H and O–H groups in total. The zero-order valence-electron chi connectivity index (χ0n) is 17.2. The van der Waals surface area contributed by atoms with E-state index in [9.17, 15) is 8.78 Å². The van der Waals surface area contributed by atoms with E-state index < -0.39 is 11.6 Å². The van der Waals surface area contributed by atoms with Crippen LogP contribution >= 0.6 is 12.2 Å². The Labute approximate surface area is 181 Å². The van der Waals surface area contributed by atoms with Crippen LogP contribution in [0.4, 0.5) is 14.5 Å². The average Bonchev–Trinajstić information content (AvgIpc) is 2.70. The SMILES string of the molecule is CC(C)N1CCN(c2cc(F)c(C=NNC(N)=S)cc2F)C[C@@H]1Cc1ccccc1. The number of thiocarbonyl (C=S) groups is 1. The number of hydrogen-bond donors (Lipinski definition) is 2. The molecule has 1 fully saturated rings. The van der Waals surface area contributed by atoms with Gasteiger partial charge in [0.25, 0.3) is 0 Å². The Kier molecular flexibility index (Phi) is 7.33. The van der Waals surface area contributed by atoms with Gasteiger partial charge in [0.05, 0.1) is 11.9 Å². The van der Waals surface area contributed by atoms with Crippen molar-refractivity contribution in [3.05, 3.63) is 65.2 Å². The lowest BCUT2D eigenvalue weighted by Crippen LogP contribution is -2.56. The summed E-state index contributed by atoms with van der Waals surface area (Å²) in [5.74, 6) is -1.03. The third kappa shape index (κ3) is 5.52. The monoisotopic (exact) mass is 431 g/mol. The zero-order valence-corrected chi connectivity index (χ0v) is 18.0. The van der Waals surface area contributed by atoms with Crippen molar-refractivity contribution >= 4 is 29.2 Å². The van der Waals surface area contributed by atoms with Crippen molar-refractivity contribution in [2.24, 2.45) is 10.8 Å². The van der Waals surface area contributed by atoms with Gasteiger partial charge in [-0.25, -0.2) is 8.78 Å². The van der Waals surface area contributed by atoms with Crippen molar-refractivity contribution in [3.63, 3.8) is 0 Å². The van der Waals surface area contributed by atoms with E-state index in [4.69, 9.17) is 5.73 Å². The first-order valence-corrected chi connectivity index (χ1v) is 10.4. The van der Waals surface area contributed by atoms with Gasteiger partial charge in [0.2, 0.25) is 0 Å². The van der Waals surface area contributed by atoms with E-state index in [1.807, 2.05) is 23.1 Å². The number of anilines is 1. The minimum absolute atomic E-state index is 0.0293. The molecular weight excluding hydrogens is 404 g/mol. The van der Waals surface area contributed by atoms with Gasteiger partial charge in [-0.15, -0.1) is 0 Å². The lowest BCUT2D eigenvalue weighted by Gasteiger charge is -2.44. The molecule has 0 saturated carbocycles. The summed E-state index contributed by atoms with van der Waals surface area (Å²) in [5, 5.41) is 3.66. The molecule has 5 nitrogen and oxygen atoms in total. The van der Waals surface area contributed by atoms with Crippen molar-refractivity contribution in [2.45, 2.75) is 32.4 Å². The summed E-state index contributed by atoms with van der Waals surface area (Å²) in [4.78, 5) is 4.36. The first-order valence-electron chi connectivity index (χ1n) is 9.97. The number of benzene rings is 2. The average molecular weight is 432 g/mol. The number of halogens is 2. The fourth-order valence-corrected chi connectivity index (χ4v) is 3.95. The van der Waals surface area contributed by atoms with E-state index in [1.165, 1.54) is 11.6 Å². The Bertz CT molecular complexity index is 904. The van der Waals surface area contributed by atoms with E-state index in [2.05, 4.69) is 53.6 Å². The number of nitrogens with one attached hydrogen (secondary N) is 1. The van der Waals surface area contributed by atoms with Crippen LogP contribution in [0.15, 0.2) is 47.6 Å². The minimum Gasteiger partial charge on any atom is -0.375 e. The second-order valence-electron chi connectivity index (χ2n) is 7.68. The fraction of sp³-hybridized carbons (Fsp3) is 0.364.